The Labute approximate surface area is 191 Å². The zero-order chi connectivity index (χ0) is 21.4. The molecule has 0 heterocycles. The molecule has 0 saturated heterocycles. The lowest BCUT2D eigenvalue weighted by molar-refractivity contribution is -0.169. The molecule has 0 aliphatic rings. The highest BCUT2D eigenvalue weighted by molar-refractivity contribution is 8.69. The molecule has 0 fully saturated rings. The van der Waals surface area contributed by atoms with Gasteiger partial charge in [0.25, 0.3) is 0 Å². The summed E-state index contributed by atoms with van der Waals surface area (Å²) in [5.74, 6) is 0.569. The standard InChI is InChI=1S/C24H43O2PS2/c1-3-5-7-9-11-13-15-17-22-19-20-24(26-27(25,28)29)21-23(22)18-16-14-12-10-8-6-4-2/h19-21H,3-18H2,1-2H3,(H2,25,28,29)/p-2. The summed E-state index contributed by atoms with van der Waals surface area (Å²) in [4.78, 5) is 11.7. The highest BCUT2D eigenvalue weighted by Crippen LogP contribution is 2.46. The van der Waals surface area contributed by atoms with E-state index in [1.165, 1.54) is 101 Å². The quantitative estimate of drug-likeness (QED) is 0.128. The molecule has 5 heteroatoms. The van der Waals surface area contributed by atoms with Crippen molar-refractivity contribution in [3.05, 3.63) is 29.3 Å². The minimum atomic E-state index is -3.34. The number of unbranched alkanes of at least 4 members (excludes halogenated alkanes) is 12. The van der Waals surface area contributed by atoms with Crippen molar-refractivity contribution in [2.75, 3.05) is 0 Å². The predicted octanol–water partition coefficient (Wildman–Crippen LogP) is 7.78. The summed E-state index contributed by atoms with van der Waals surface area (Å²) < 4.78 is 5.33. The Morgan fingerprint density at radius 2 is 1.14 bits per heavy atom. The third-order valence-corrected chi connectivity index (χ3v) is 6.38. The molecule has 1 aromatic carbocycles. The summed E-state index contributed by atoms with van der Waals surface area (Å²) in [7, 11) is 0. The second-order valence-corrected chi connectivity index (χ2v) is 12.9. The predicted molar refractivity (Wildman–Crippen MR) is 132 cm³/mol. The lowest BCUT2D eigenvalue weighted by atomic mass is 9.96. The van der Waals surface area contributed by atoms with E-state index < -0.39 is 6.12 Å². The first-order valence-electron chi connectivity index (χ1n) is 11.8. The van der Waals surface area contributed by atoms with E-state index in [1.807, 2.05) is 12.1 Å². The molecule has 0 aliphatic carbocycles. The Kier molecular flexibility index (Phi) is 15.7. The van der Waals surface area contributed by atoms with Crippen molar-refractivity contribution in [1.29, 1.82) is 0 Å². The maximum Gasteiger partial charge on any atom is 0.168 e. The SMILES string of the molecule is CCCCCCCCCc1ccc(O[P+]([O-])([S-])[S-])cc1CCCCCCCCC. The van der Waals surface area contributed by atoms with Crippen molar-refractivity contribution >= 4 is 30.6 Å². The van der Waals surface area contributed by atoms with Crippen LogP contribution in [-0.2, 0) is 37.3 Å². The smallest absolute Gasteiger partial charge is 0.168 e. The van der Waals surface area contributed by atoms with Gasteiger partial charge in [0, 0.05) is 0 Å². The second-order valence-electron chi connectivity index (χ2n) is 8.21. The lowest BCUT2D eigenvalue weighted by Crippen LogP contribution is -2.09. The third-order valence-electron chi connectivity index (χ3n) is 5.49. The van der Waals surface area contributed by atoms with Crippen LogP contribution < -0.4 is 9.42 Å². The molecule has 1 rings (SSSR count). The van der Waals surface area contributed by atoms with Crippen LogP contribution in [0.2, 0.25) is 0 Å². The molecule has 0 unspecified atom stereocenters. The van der Waals surface area contributed by atoms with E-state index in [1.54, 1.807) is 0 Å². The summed E-state index contributed by atoms with van der Waals surface area (Å²) >= 11 is 9.55. The van der Waals surface area contributed by atoms with Crippen LogP contribution in [0, 0.1) is 0 Å². The normalized spacial score (nSPS) is 11.8. The number of rotatable bonds is 18. The van der Waals surface area contributed by atoms with Crippen molar-refractivity contribution < 1.29 is 9.42 Å². The van der Waals surface area contributed by atoms with Gasteiger partial charge in [-0.25, -0.2) is 0 Å². The van der Waals surface area contributed by atoms with Gasteiger partial charge in [-0.15, -0.1) is 6.12 Å². The van der Waals surface area contributed by atoms with Crippen LogP contribution in [0.1, 0.15) is 115 Å². The van der Waals surface area contributed by atoms with Gasteiger partial charge in [-0.2, -0.15) is 0 Å². The van der Waals surface area contributed by atoms with E-state index in [0.717, 1.165) is 12.8 Å². The van der Waals surface area contributed by atoms with Crippen LogP contribution in [-0.4, -0.2) is 0 Å². The Hall–Kier alpha value is 0.110. The van der Waals surface area contributed by atoms with Crippen LogP contribution in [0.3, 0.4) is 0 Å². The van der Waals surface area contributed by atoms with Crippen molar-refractivity contribution in [3.63, 3.8) is 0 Å². The molecule has 0 atom stereocenters. The summed E-state index contributed by atoms with van der Waals surface area (Å²) in [6.07, 6.45) is 17.2. The number of hydrogen-bond donors (Lipinski definition) is 0. The van der Waals surface area contributed by atoms with Crippen molar-refractivity contribution in [2.45, 2.75) is 117 Å². The van der Waals surface area contributed by atoms with Crippen LogP contribution in [0.25, 0.3) is 0 Å². The number of benzene rings is 1. The van der Waals surface area contributed by atoms with Crippen molar-refractivity contribution in [2.24, 2.45) is 0 Å². The molecule has 29 heavy (non-hydrogen) atoms. The zero-order valence-corrected chi connectivity index (χ0v) is 21.2. The van der Waals surface area contributed by atoms with E-state index >= 15 is 0 Å². The Morgan fingerprint density at radius 3 is 1.62 bits per heavy atom. The second kappa shape index (κ2) is 16.8. The van der Waals surface area contributed by atoms with Gasteiger partial charge in [0.05, 0.1) is 0 Å². The number of aryl methyl sites for hydroxylation is 2. The highest BCUT2D eigenvalue weighted by Gasteiger charge is 2.08. The van der Waals surface area contributed by atoms with E-state index in [2.05, 4.69) is 19.9 Å². The summed E-state index contributed by atoms with van der Waals surface area (Å²) in [5.41, 5.74) is 2.72. The summed E-state index contributed by atoms with van der Waals surface area (Å²) in [5, 5.41) is 0. The Morgan fingerprint density at radius 1 is 0.690 bits per heavy atom. The average molecular weight is 457 g/mol. The van der Waals surface area contributed by atoms with Crippen molar-refractivity contribution in [3.8, 4) is 5.75 Å². The minimum absolute atomic E-state index is 0.569. The third kappa shape index (κ3) is 14.7. The summed E-state index contributed by atoms with van der Waals surface area (Å²) in [6.45, 7) is 4.52. The van der Waals surface area contributed by atoms with Gasteiger partial charge in [0.15, 0.2) is 5.75 Å². The molecule has 0 spiro atoms. The molecule has 2 nitrogen and oxygen atoms in total. The molecule has 0 bridgehead atoms. The highest BCUT2D eigenvalue weighted by atomic mass is 33.1. The zero-order valence-electron chi connectivity index (χ0n) is 18.6. The van der Waals surface area contributed by atoms with Gasteiger partial charge < -0.3 is 33.9 Å². The van der Waals surface area contributed by atoms with Gasteiger partial charge >= 0.3 is 0 Å². The fraction of sp³-hybridized carbons (Fsp3) is 0.750. The maximum atomic E-state index is 11.7. The lowest BCUT2D eigenvalue weighted by Gasteiger charge is -2.42. The fourth-order valence-corrected chi connectivity index (χ4v) is 4.70. The number of hydrogen-bond acceptors (Lipinski definition) is 4. The molecule has 0 saturated carbocycles. The summed E-state index contributed by atoms with van der Waals surface area (Å²) in [6, 6.07) is 6.04. The fourth-order valence-electron chi connectivity index (χ4n) is 3.81. The van der Waals surface area contributed by atoms with Crippen LogP contribution in [0.4, 0.5) is 0 Å². The van der Waals surface area contributed by atoms with Crippen LogP contribution >= 0.6 is 6.12 Å². The van der Waals surface area contributed by atoms with Gasteiger partial charge in [-0.1, -0.05) is 97.0 Å². The first-order chi connectivity index (χ1) is 14.0. The van der Waals surface area contributed by atoms with Gasteiger partial charge in [0.2, 0.25) is 0 Å². The van der Waals surface area contributed by atoms with E-state index in [4.69, 9.17) is 29.0 Å². The first kappa shape index (κ1) is 27.1. The van der Waals surface area contributed by atoms with Crippen LogP contribution in [0.5, 0.6) is 5.75 Å². The van der Waals surface area contributed by atoms with Gasteiger partial charge in [-0.3, -0.25) is 0 Å². The van der Waals surface area contributed by atoms with Crippen molar-refractivity contribution in [1.82, 2.24) is 0 Å². The Bertz CT molecular complexity index is 532. The topological polar surface area (TPSA) is 32.3 Å². The average Bonchev–Trinajstić information content (AvgIpc) is 2.66. The van der Waals surface area contributed by atoms with E-state index in [0.29, 0.717) is 5.75 Å². The largest absolute Gasteiger partial charge is 0.682 e. The Balaban J connectivity index is 2.51. The molecule has 0 radical (unpaired) electrons. The molecule has 0 aliphatic heterocycles. The van der Waals surface area contributed by atoms with Gasteiger partial charge in [-0.05, 0) is 48.9 Å². The molecule has 0 aromatic heterocycles. The molecular weight excluding hydrogens is 415 g/mol. The molecular formula is C24H41O2PS2-2. The molecule has 0 N–H and O–H groups in total. The minimum Gasteiger partial charge on any atom is -0.682 e. The van der Waals surface area contributed by atoms with E-state index in [-0.39, 0.29) is 0 Å². The molecule has 1 aromatic rings. The molecule has 168 valence electrons. The maximum absolute atomic E-state index is 11.7. The van der Waals surface area contributed by atoms with Gasteiger partial charge in [0.1, 0.15) is 0 Å². The van der Waals surface area contributed by atoms with E-state index in [9.17, 15) is 4.89 Å². The first-order valence-corrected chi connectivity index (χ1v) is 15.4. The van der Waals surface area contributed by atoms with Crippen LogP contribution in [0.15, 0.2) is 18.2 Å². The monoisotopic (exact) mass is 456 g/mol. The molecule has 0 amide bonds.